The van der Waals surface area contributed by atoms with Gasteiger partial charge < -0.3 is 15.2 Å². The van der Waals surface area contributed by atoms with Crippen LogP contribution in [-0.4, -0.2) is 23.1 Å². The monoisotopic (exact) mass is 303 g/mol. The van der Waals surface area contributed by atoms with Crippen LogP contribution < -0.4 is 10.1 Å². The Morgan fingerprint density at radius 3 is 2.59 bits per heavy atom. The van der Waals surface area contributed by atoms with E-state index in [0.717, 1.165) is 18.4 Å². The molecule has 2 rings (SSSR count). The Morgan fingerprint density at radius 1 is 1.36 bits per heavy atom. The van der Waals surface area contributed by atoms with E-state index in [1.807, 2.05) is 20.8 Å². The summed E-state index contributed by atoms with van der Waals surface area (Å²) in [6.07, 6.45) is 3.76. The Bertz CT molecular complexity index is 615. The van der Waals surface area contributed by atoms with Gasteiger partial charge in [0.25, 0.3) is 0 Å². The molecule has 1 aliphatic carbocycles. The number of carboxylic acid groups (broad SMARTS) is 1. The van der Waals surface area contributed by atoms with Crippen molar-refractivity contribution in [3.63, 3.8) is 0 Å². The summed E-state index contributed by atoms with van der Waals surface area (Å²) in [6, 6.07) is 4.44. The van der Waals surface area contributed by atoms with Gasteiger partial charge in [-0.15, -0.1) is 0 Å². The molecule has 0 bridgehead atoms. The lowest BCUT2D eigenvalue weighted by atomic mass is 10.1. The highest BCUT2D eigenvalue weighted by Gasteiger charge is 2.23. The van der Waals surface area contributed by atoms with Crippen LogP contribution in [0.25, 0.3) is 0 Å². The second kappa shape index (κ2) is 6.64. The van der Waals surface area contributed by atoms with Crippen LogP contribution in [0.15, 0.2) is 29.8 Å². The molecule has 1 aliphatic rings. The standard InChI is InChI=1S/C17H21NO4/c1-10(2)22-15-7-6-13(17(20)21)9-14(15)18-16(19)8-11(3)12-4-5-12/h6-10,12H,4-5H2,1-3H3,(H,18,19)(H,20,21)/b11-8+. The van der Waals surface area contributed by atoms with Gasteiger partial charge in [0.2, 0.25) is 5.91 Å². The van der Waals surface area contributed by atoms with Crippen molar-refractivity contribution in [1.29, 1.82) is 0 Å². The number of hydrogen-bond acceptors (Lipinski definition) is 3. The van der Waals surface area contributed by atoms with Crippen molar-refractivity contribution in [3.8, 4) is 5.75 Å². The summed E-state index contributed by atoms with van der Waals surface area (Å²) in [5.74, 6) is -0.329. The van der Waals surface area contributed by atoms with Crippen molar-refractivity contribution in [2.45, 2.75) is 39.7 Å². The van der Waals surface area contributed by atoms with Gasteiger partial charge in [0.05, 0.1) is 17.4 Å². The third-order valence-electron chi connectivity index (χ3n) is 3.43. The maximum absolute atomic E-state index is 12.1. The highest BCUT2D eigenvalue weighted by molar-refractivity contribution is 6.01. The van der Waals surface area contributed by atoms with Gasteiger partial charge in [-0.1, -0.05) is 5.57 Å². The third kappa shape index (κ3) is 4.35. The topological polar surface area (TPSA) is 75.6 Å². The molecule has 0 atom stereocenters. The largest absolute Gasteiger partial charge is 0.489 e. The van der Waals surface area contributed by atoms with E-state index in [1.54, 1.807) is 12.1 Å². The molecule has 118 valence electrons. The molecule has 1 saturated carbocycles. The number of hydrogen-bond donors (Lipinski definition) is 2. The lowest BCUT2D eigenvalue weighted by Gasteiger charge is -2.15. The second-order valence-corrected chi connectivity index (χ2v) is 5.83. The molecular formula is C17H21NO4. The molecule has 22 heavy (non-hydrogen) atoms. The summed E-state index contributed by atoms with van der Waals surface area (Å²) in [7, 11) is 0. The highest BCUT2D eigenvalue weighted by Crippen LogP contribution is 2.36. The lowest BCUT2D eigenvalue weighted by Crippen LogP contribution is -2.13. The predicted octanol–water partition coefficient (Wildman–Crippen LogP) is 3.47. The number of nitrogens with one attached hydrogen (secondary N) is 1. The fourth-order valence-electron chi connectivity index (χ4n) is 2.15. The molecule has 0 unspecified atom stereocenters. The fraction of sp³-hybridized carbons (Fsp3) is 0.412. The Kier molecular flexibility index (Phi) is 4.85. The number of carbonyl (C=O) groups is 2. The molecule has 0 aliphatic heterocycles. The zero-order chi connectivity index (χ0) is 16.3. The van der Waals surface area contributed by atoms with E-state index < -0.39 is 5.97 Å². The van der Waals surface area contributed by atoms with E-state index in [-0.39, 0.29) is 17.6 Å². The van der Waals surface area contributed by atoms with Gasteiger partial charge in [-0.05, 0) is 57.7 Å². The number of benzene rings is 1. The van der Waals surface area contributed by atoms with Gasteiger partial charge in [-0.25, -0.2) is 4.79 Å². The summed E-state index contributed by atoms with van der Waals surface area (Å²) in [5.41, 5.74) is 1.53. The van der Waals surface area contributed by atoms with E-state index in [9.17, 15) is 9.59 Å². The van der Waals surface area contributed by atoms with Crippen LogP contribution in [0, 0.1) is 5.92 Å². The first-order chi connectivity index (χ1) is 10.4. The Balaban J connectivity index is 2.21. The zero-order valence-corrected chi connectivity index (χ0v) is 13.1. The van der Waals surface area contributed by atoms with Crippen LogP contribution >= 0.6 is 0 Å². The SMILES string of the molecule is C/C(=C\C(=O)Nc1cc(C(=O)O)ccc1OC(C)C)C1CC1. The van der Waals surface area contributed by atoms with Crippen LogP contribution in [0.2, 0.25) is 0 Å². The van der Waals surface area contributed by atoms with Gasteiger partial charge in [0, 0.05) is 6.08 Å². The zero-order valence-electron chi connectivity index (χ0n) is 13.1. The first kappa shape index (κ1) is 16.1. The third-order valence-corrected chi connectivity index (χ3v) is 3.43. The van der Waals surface area contributed by atoms with Crippen molar-refractivity contribution < 1.29 is 19.4 Å². The Labute approximate surface area is 130 Å². The number of allylic oxidation sites excluding steroid dienone is 1. The molecule has 1 amide bonds. The number of amides is 1. The maximum atomic E-state index is 12.1. The Morgan fingerprint density at radius 2 is 2.05 bits per heavy atom. The Hall–Kier alpha value is -2.30. The molecule has 5 heteroatoms. The summed E-state index contributed by atoms with van der Waals surface area (Å²) >= 11 is 0. The molecule has 5 nitrogen and oxygen atoms in total. The maximum Gasteiger partial charge on any atom is 0.335 e. The number of anilines is 1. The summed E-state index contributed by atoms with van der Waals surface area (Å²) in [4.78, 5) is 23.2. The molecule has 1 aromatic rings. The van der Waals surface area contributed by atoms with E-state index in [1.165, 1.54) is 12.1 Å². The molecule has 0 aromatic heterocycles. The first-order valence-electron chi connectivity index (χ1n) is 7.40. The predicted molar refractivity (Wildman–Crippen MR) is 84.3 cm³/mol. The molecule has 0 heterocycles. The average molecular weight is 303 g/mol. The van der Waals surface area contributed by atoms with E-state index in [4.69, 9.17) is 9.84 Å². The van der Waals surface area contributed by atoms with Crippen molar-refractivity contribution in [1.82, 2.24) is 0 Å². The number of ether oxygens (including phenoxy) is 1. The molecule has 1 fully saturated rings. The number of aromatic carboxylic acids is 1. The van der Waals surface area contributed by atoms with Crippen molar-refractivity contribution in [2.24, 2.45) is 5.92 Å². The first-order valence-corrected chi connectivity index (χ1v) is 7.40. The van der Waals surface area contributed by atoms with Gasteiger partial charge in [-0.3, -0.25) is 4.79 Å². The van der Waals surface area contributed by atoms with Gasteiger partial charge >= 0.3 is 5.97 Å². The smallest absolute Gasteiger partial charge is 0.335 e. The van der Waals surface area contributed by atoms with Crippen LogP contribution in [0.4, 0.5) is 5.69 Å². The molecular weight excluding hydrogens is 282 g/mol. The van der Waals surface area contributed by atoms with Crippen LogP contribution in [-0.2, 0) is 4.79 Å². The van der Waals surface area contributed by atoms with Gasteiger partial charge in [0.1, 0.15) is 5.75 Å². The molecule has 2 N–H and O–H groups in total. The van der Waals surface area contributed by atoms with Crippen molar-refractivity contribution in [2.75, 3.05) is 5.32 Å². The summed E-state index contributed by atoms with van der Waals surface area (Å²) in [6.45, 7) is 5.68. The normalized spacial score (nSPS) is 14.8. The summed E-state index contributed by atoms with van der Waals surface area (Å²) in [5, 5.41) is 11.8. The number of carboxylic acids is 1. The highest BCUT2D eigenvalue weighted by atomic mass is 16.5. The van der Waals surface area contributed by atoms with Crippen molar-refractivity contribution in [3.05, 3.63) is 35.4 Å². The van der Waals surface area contributed by atoms with Gasteiger partial charge in [0.15, 0.2) is 0 Å². The lowest BCUT2D eigenvalue weighted by molar-refractivity contribution is -0.112. The number of carbonyl (C=O) groups excluding carboxylic acids is 1. The second-order valence-electron chi connectivity index (χ2n) is 5.83. The van der Waals surface area contributed by atoms with Crippen LogP contribution in [0.5, 0.6) is 5.75 Å². The van der Waals surface area contributed by atoms with E-state index >= 15 is 0 Å². The van der Waals surface area contributed by atoms with E-state index in [0.29, 0.717) is 17.4 Å². The minimum atomic E-state index is -1.05. The molecule has 0 saturated heterocycles. The van der Waals surface area contributed by atoms with Crippen molar-refractivity contribution >= 4 is 17.6 Å². The quantitative estimate of drug-likeness (QED) is 0.789. The fourth-order valence-corrected chi connectivity index (χ4v) is 2.15. The molecule has 0 radical (unpaired) electrons. The molecule has 0 spiro atoms. The molecule has 1 aromatic carbocycles. The van der Waals surface area contributed by atoms with Gasteiger partial charge in [-0.2, -0.15) is 0 Å². The van der Waals surface area contributed by atoms with Crippen LogP contribution in [0.3, 0.4) is 0 Å². The summed E-state index contributed by atoms with van der Waals surface area (Å²) < 4.78 is 5.62. The minimum Gasteiger partial charge on any atom is -0.489 e. The minimum absolute atomic E-state index is 0.0740. The van der Waals surface area contributed by atoms with E-state index in [2.05, 4.69) is 5.32 Å². The van der Waals surface area contributed by atoms with Crippen LogP contribution in [0.1, 0.15) is 44.0 Å². The number of rotatable bonds is 6. The average Bonchev–Trinajstić information content (AvgIpc) is 3.24.